The highest BCUT2D eigenvalue weighted by Gasteiger charge is 2.02. The molecule has 0 saturated carbocycles. The molecule has 0 saturated heterocycles. The topological polar surface area (TPSA) is 17.3 Å². The third-order valence-corrected chi connectivity index (χ3v) is 3.98. The molecule has 1 heterocycles. The molecule has 0 spiro atoms. The smallest absolute Gasteiger partial charge is 0.190 e. The van der Waals surface area contributed by atoms with Crippen molar-refractivity contribution < 1.29 is 0 Å². The summed E-state index contributed by atoms with van der Waals surface area (Å²) >= 11 is 1.70. The lowest BCUT2D eigenvalue weighted by Crippen LogP contribution is -2.07. The van der Waals surface area contributed by atoms with E-state index in [1.54, 1.807) is 11.3 Å². The van der Waals surface area contributed by atoms with Crippen LogP contribution >= 0.6 is 11.3 Å². The Morgan fingerprint density at radius 2 is 1.53 bits per heavy atom. The van der Waals surface area contributed by atoms with E-state index in [1.165, 1.54) is 10.4 Å². The van der Waals surface area contributed by atoms with Crippen LogP contribution in [0, 0.1) is 0 Å². The van der Waals surface area contributed by atoms with Crippen molar-refractivity contribution in [2.75, 3.05) is 0 Å². The molecule has 94 valence electrons. The number of benzene rings is 2. The van der Waals surface area contributed by atoms with Gasteiger partial charge in [-0.1, -0.05) is 59.9 Å². The third-order valence-electron chi connectivity index (χ3n) is 2.85. The van der Waals surface area contributed by atoms with Gasteiger partial charge in [-0.3, -0.25) is 0 Å². The van der Waals surface area contributed by atoms with Crippen molar-refractivity contribution in [2.45, 2.75) is 0 Å². The van der Waals surface area contributed by atoms with Gasteiger partial charge in [-0.25, -0.2) is 4.99 Å². The minimum absolute atomic E-state index is 0.986. The van der Waals surface area contributed by atoms with E-state index in [0.29, 0.717) is 0 Å². The van der Waals surface area contributed by atoms with Crippen LogP contribution in [0.5, 0.6) is 0 Å². The van der Waals surface area contributed by atoms with Gasteiger partial charge in [0.2, 0.25) is 0 Å². The largest absolute Gasteiger partial charge is 0.326 e. The van der Waals surface area contributed by atoms with E-state index in [9.17, 15) is 0 Å². The second-order valence-electron chi connectivity index (χ2n) is 4.30. The molecule has 0 N–H and O–H groups in total. The Hall–Kier alpha value is -2.13. The summed E-state index contributed by atoms with van der Waals surface area (Å²) in [5.74, 6) is 0. The first-order chi connectivity index (χ1) is 9.33. The van der Waals surface area contributed by atoms with Crippen molar-refractivity contribution in [3.05, 3.63) is 71.7 Å². The molecule has 3 heteroatoms. The number of thiazole rings is 1. The molecule has 0 aliphatic carbocycles. The van der Waals surface area contributed by atoms with Crippen molar-refractivity contribution in [3.8, 4) is 10.4 Å². The molecule has 0 unspecified atom stereocenters. The highest BCUT2D eigenvalue weighted by molar-refractivity contribution is 7.12. The first-order valence-corrected chi connectivity index (χ1v) is 6.96. The Morgan fingerprint density at radius 1 is 0.895 bits per heavy atom. The minimum Gasteiger partial charge on any atom is -0.326 e. The molecule has 0 bridgehead atoms. The Bertz CT molecular complexity index is 724. The average Bonchev–Trinajstić information content (AvgIpc) is 2.82. The maximum atomic E-state index is 4.67. The molecule has 0 aliphatic rings. The second kappa shape index (κ2) is 5.24. The summed E-state index contributed by atoms with van der Waals surface area (Å²) in [6.07, 6.45) is 2.13. The highest BCUT2D eigenvalue weighted by Crippen LogP contribution is 2.21. The molecule has 0 amide bonds. The van der Waals surface area contributed by atoms with Crippen LogP contribution in [-0.4, -0.2) is 4.57 Å². The van der Waals surface area contributed by atoms with Gasteiger partial charge in [0.25, 0.3) is 0 Å². The van der Waals surface area contributed by atoms with Crippen LogP contribution < -0.4 is 4.80 Å². The van der Waals surface area contributed by atoms with Crippen LogP contribution in [-0.2, 0) is 7.05 Å². The lowest BCUT2D eigenvalue weighted by molar-refractivity contribution is 0.875. The Labute approximate surface area is 116 Å². The molecule has 0 radical (unpaired) electrons. The number of hydrogen-bond donors (Lipinski definition) is 0. The molecule has 3 aromatic rings. The van der Waals surface area contributed by atoms with Gasteiger partial charge in [0, 0.05) is 13.2 Å². The maximum Gasteiger partial charge on any atom is 0.190 e. The van der Waals surface area contributed by atoms with Crippen LogP contribution in [0.25, 0.3) is 10.4 Å². The molecular weight excluding hydrogens is 252 g/mol. The molecule has 0 atom stereocenters. The summed E-state index contributed by atoms with van der Waals surface area (Å²) in [5.41, 5.74) is 2.22. The van der Waals surface area contributed by atoms with Gasteiger partial charge in [-0.05, 0) is 17.7 Å². The first kappa shape index (κ1) is 11.9. The molecule has 1 aromatic heterocycles. The molecule has 2 aromatic carbocycles. The van der Waals surface area contributed by atoms with Crippen molar-refractivity contribution >= 4 is 17.0 Å². The lowest BCUT2D eigenvalue weighted by atomic mass is 10.2. The van der Waals surface area contributed by atoms with E-state index >= 15 is 0 Å². The van der Waals surface area contributed by atoms with Crippen LogP contribution in [0.1, 0.15) is 0 Å². The predicted molar refractivity (Wildman–Crippen MR) is 80.4 cm³/mol. The zero-order chi connectivity index (χ0) is 13.1. The van der Waals surface area contributed by atoms with Gasteiger partial charge in [0.05, 0.1) is 10.6 Å². The fourth-order valence-corrected chi connectivity index (χ4v) is 2.89. The second-order valence-corrected chi connectivity index (χ2v) is 5.31. The van der Waals surface area contributed by atoms with Crippen molar-refractivity contribution in [1.82, 2.24) is 4.57 Å². The normalized spacial score (nSPS) is 11.7. The Kier molecular flexibility index (Phi) is 3.29. The van der Waals surface area contributed by atoms with Crippen LogP contribution in [0.4, 0.5) is 5.69 Å². The van der Waals surface area contributed by atoms with Crippen molar-refractivity contribution in [2.24, 2.45) is 12.0 Å². The van der Waals surface area contributed by atoms with E-state index in [0.717, 1.165) is 10.5 Å². The number of rotatable bonds is 2. The Balaban J connectivity index is 2.06. The zero-order valence-electron chi connectivity index (χ0n) is 10.7. The lowest BCUT2D eigenvalue weighted by Gasteiger charge is -1.93. The fraction of sp³-hybridized carbons (Fsp3) is 0.0625. The maximum absolute atomic E-state index is 4.67. The summed E-state index contributed by atoms with van der Waals surface area (Å²) in [6.45, 7) is 0. The number of para-hydroxylation sites is 1. The summed E-state index contributed by atoms with van der Waals surface area (Å²) in [6, 6.07) is 20.4. The van der Waals surface area contributed by atoms with Gasteiger partial charge in [0.15, 0.2) is 4.80 Å². The number of aromatic nitrogens is 1. The average molecular weight is 266 g/mol. The van der Waals surface area contributed by atoms with Gasteiger partial charge in [0.1, 0.15) is 0 Å². The quantitative estimate of drug-likeness (QED) is 0.667. The first-order valence-electron chi connectivity index (χ1n) is 6.14. The highest BCUT2D eigenvalue weighted by atomic mass is 32.1. The summed E-state index contributed by atoms with van der Waals surface area (Å²) in [4.78, 5) is 6.91. The summed E-state index contributed by atoms with van der Waals surface area (Å²) in [7, 11) is 2.03. The number of aryl methyl sites for hydroxylation is 1. The monoisotopic (exact) mass is 266 g/mol. The van der Waals surface area contributed by atoms with E-state index in [1.807, 2.05) is 43.4 Å². The molecule has 3 rings (SSSR count). The van der Waals surface area contributed by atoms with Crippen LogP contribution in [0.15, 0.2) is 71.9 Å². The molecular formula is C16H14N2S. The molecule has 0 aliphatic heterocycles. The van der Waals surface area contributed by atoms with E-state index < -0.39 is 0 Å². The Morgan fingerprint density at radius 3 is 2.21 bits per heavy atom. The molecule has 2 nitrogen and oxygen atoms in total. The van der Waals surface area contributed by atoms with Crippen LogP contribution in [0.2, 0.25) is 0 Å². The van der Waals surface area contributed by atoms with E-state index in [2.05, 4.69) is 40.0 Å². The van der Waals surface area contributed by atoms with Crippen molar-refractivity contribution in [3.63, 3.8) is 0 Å². The van der Waals surface area contributed by atoms with E-state index in [-0.39, 0.29) is 0 Å². The fourth-order valence-electron chi connectivity index (χ4n) is 1.88. The number of nitrogens with zero attached hydrogens (tertiary/aromatic N) is 2. The third kappa shape index (κ3) is 2.66. The molecule has 0 fully saturated rings. The summed E-state index contributed by atoms with van der Waals surface area (Å²) < 4.78 is 2.07. The zero-order valence-corrected chi connectivity index (χ0v) is 11.5. The molecule has 19 heavy (non-hydrogen) atoms. The van der Waals surface area contributed by atoms with Gasteiger partial charge in [-0.2, -0.15) is 0 Å². The SMILES string of the molecule is Cn1cc(-c2ccccc2)sc1=Nc1ccccc1. The van der Waals surface area contributed by atoms with Gasteiger partial charge >= 0.3 is 0 Å². The standard InChI is InChI=1S/C16H14N2S/c1-18-12-15(13-8-4-2-5-9-13)19-16(18)17-14-10-6-3-7-11-14/h2-12H,1H3. The van der Waals surface area contributed by atoms with Crippen LogP contribution in [0.3, 0.4) is 0 Å². The van der Waals surface area contributed by atoms with Gasteiger partial charge < -0.3 is 4.57 Å². The van der Waals surface area contributed by atoms with Gasteiger partial charge in [-0.15, -0.1) is 0 Å². The predicted octanol–water partition coefficient (Wildman–Crippen LogP) is 3.99. The minimum atomic E-state index is 0.986. The number of hydrogen-bond acceptors (Lipinski definition) is 2. The summed E-state index contributed by atoms with van der Waals surface area (Å²) in [5, 5.41) is 0. The van der Waals surface area contributed by atoms with Crippen molar-refractivity contribution in [1.29, 1.82) is 0 Å². The van der Waals surface area contributed by atoms with E-state index in [4.69, 9.17) is 0 Å².